The zero-order valence-electron chi connectivity index (χ0n) is 18.3. The van der Waals surface area contributed by atoms with Crippen molar-refractivity contribution in [3.63, 3.8) is 0 Å². The smallest absolute Gasteiger partial charge is 0.251 e. The van der Waals surface area contributed by atoms with Gasteiger partial charge in [0.15, 0.2) is 0 Å². The zero-order valence-corrected chi connectivity index (χ0v) is 19.1. The minimum Gasteiger partial charge on any atom is -0.360 e. The number of nitrogens with zero attached hydrogens (tertiary/aromatic N) is 2. The third-order valence-corrected chi connectivity index (χ3v) is 5.74. The fraction of sp³-hybridized carbons (Fsp3) is 0.115. The van der Waals surface area contributed by atoms with Crippen molar-refractivity contribution in [1.82, 2.24) is 15.3 Å². The number of allylic oxidation sites excluding steroid dienone is 2. The Morgan fingerprint density at radius 2 is 2.09 bits per heavy atom. The van der Waals surface area contributed by atoms with E-state index in [1.54, 1.807) is 43.6 Å². The van der Waals surface area contributed by atoms with Gasteiger partial charge in [0.05, 0.1) is 10.5 Å². The lowest BCUT2D eigenvalue weighted by Gasteiger charge is -2.09. The van der Waals surface area contributed by atoms with Crippen molar-refractivity contribution in [2.45, 2.75) is 19.9 Å². The highest BCUT2D eigenvalue weighted by Crippen LogP contribution is 2.26. The number of aromatic nitrogens is 2. The summed E-state index contributed by atoms with van der Waals surface area (Å²) in [5.41, 5.74) is 3.22. The molecule has 2 heterocycles. The monoisotopic (exact) mass is 478 g/mol. The topological polar surface area (TPSA) is 70.1 Å². The van der Waals surface area contributed by atoms with E-state index in [4.69, 9.17) is 11.6 Å². The van der Waals surface area contributed by atoms with Crippen LogP contribution < -0.4 is 5.32 Å². The SMILES string of the molecule is C=N/C(=C\C(=C/C)C(=O)NCc1cc2c(Cl)c[nH]c2cc1F)Cc1cnc2cc(F)ccc2c1. The molecule has 2 N–H and O–H groups in total. The third kappa shape index (κ3) is 5.05. The maximum Gasteiger partial charge on any atom is 0.251 e. The Bertz CT molecular complexity index is 1470. The minimum absolute atomic E-state index is 0.00466. The van der Waals surface area contributed by atoms with Crippen molar-refractivity contribution in [1.29, 1.82) is 0 Å². The van der Waals surface area contributed by atoms with Gasteiger partial charge in [0.1, 0.15) is 11.6 Å². The number of aliphatic imine (C=N–C) groups is 1. The number of hydrogen-bond acceptors (Lipinski definition) is 3. The molecule has 5 nitrogen and oxygen atoms in total. The molecule has 4 aromatic rings. The van der Waals surface area contributed by atoms with Crippen molar-refractivity contribution >= 4 is 46.0 Å². The second-order valence-corrected chi connectivity index (χ2v) is 8.11. The zero-order chi connectivity index (χ0) is 24.2. The first-order valence-electron chi connectivity index (χ1n) is 10.5. The maximum absolute atomic E-state index is 14.4. The second-order valence-electron chi connectivity index (χ2n) is 7.70. The van der Waals surface area contributed by atoms with Crippen LogP contribution in [0.25, 0.3) is 21.8 Å². The number of H-pyrrole nitrogens is 1. The van der Waals surface area contributed by atoms with Gasteiger partial charge in [0, 0.05) is 64.5 Å². The molecule has 0 fully saturated rings. The Balaban J connectivity index is 1.48. The Labute approximate surface area is 199 Å². The summed E-state index contributed by atoms with van der Waals surface area (Å²) >= 11 is 6.12. The summed E-state index contributed by atoms with van der Waals surface area (Å²) in [5.74, 6) is -1.17. The minimum atomic E-state index is -0.444. The number of rotatable bonds is 7. The van der Waals surface area contributed by atoms with Crippen LogP contribution in [0.1, 0.15) is 18.1 Å². The highest BCUT2D eigenvalue weighted by molar-refractivity contribution is 6.35. The van der Waals surface area contributed by atoms with Gasteiger partial charge in [-0.2, -0.15) is 0 Å². The standard InChI is InChI=1S/C26H21ClF2N4O/c1-3-16(26(34)33-13-18-9-21-22(27)14-32-25(21)11-23(18)29)8-20(30-2)7-15-6-17-4-5-19(28)10-24(17)31-12-15/h3-6,8-12,14,32H,2,7,13H2,1H3,(H,33,34)/b16-3+,20-8-. The third-order valence-electron chi connectivity index (χ3n) is 5.42. The average molecular weight is 479 g/mol. The first kappa shape index (κ1) is 23.3. The molecule has 0 aliphatic carbocycles. The second kappa shape index (κ2) is 9.97. The highest BCUT2D eigenvalue weighted by atomic mass is 35.5. The van der Waals surface area contributed by atoms with Crippen molar-refractivity contribution < 1.29 is 13.6 Å². The van der Waals surface area contributed by atoms with E-state index in [0.717, 1.165) is 10.9 Å². The van der Waals surface area contributed by atoms with E-state index >= 15 is 0 Å². The van der Waals surface area contributed by atoms with E-state index in [-0.39, 0.29) is 18.3 Å². The van der Waals surface area contributed by atoms with Crippen molar-refractivity contribution in [3.8, 4) is 0 Å². The predicted octanol–water partition coefficient (Wildman–Crippen LogP) is 6.04. The lowest BCUT2D eigenvalue weighted by Crippen LogP contribution is -2.24. The molecule has 0 radical (unpaired) electrons. The molecule has 172 valence electrons. The number of pyridine rings is 1. The van der Waals surface area contributed by atoms with Crippen LogP contribution >= 0.6 is 11.6 Å². The van der Waals surface area contributed by atoms with Crippen LogP contribution in [0.3, 0.4) is 0 Å². The Hall–Kier alpha value is -3.84. The van der Waals surface area contributed by atoms with Crippen LogP contribution in [0.15, 0.2) is 77.2 Å². The number of carbonyl (C=O) groups is 1. The van der Waals surface area contributed by atoms with Crippen LogP contribution in [0.2, 0.25) is 5.02 Å². The maximum atomic E-state index is 14.4. The molecule has 0 saturated heterocycles. The highest BCUT2D eigenvalue weighted by Gasteiger charge is 2.12. The predicted molar refractivity (Wildman–Crippen MR) is 132 cm³/mol. The van der Waals surface area contributed by atoms with Crippen LogP contribution in [-0.4, -0.2) is 22.6 Å². The number of halogens is 3. The van der Waals surface area contributed by atoms with Crippen molar-refractivity contribution in [3.05, 3.63) is 100.0 Å². The van der Waals surface area contributed by atoms with Gasteiger partial charge in [-0.1, -0.05) is 17.7 Å². The molecule has 2 aromatic carbocycles. The van der Waals surface area contributed by atoms with Gasteiger partial charge in [-0.25, -0.2) is 8.78 Å². The van der Waals surface area contributed by atoms with Crippen molar-refractivity contribution in [2.75, 3.05) is 0 Å². The van der Waals surface area contributed by atoms with Crippen molar-refractivity contribution in [2.24, 2.45) is 4.99 Å². The van der Waals surface area contributed by atoms with E-state index in [0.29, 0.717) is 44.7 Å². The molecule has 4 rings (SSSR count). The van der Waals surface area contributed by atoms with Gasteiger partial charge in [0.2, 0.25) is 0 Å². The molecule has 0 aliphatic heterocycles. The van der Waals surface area contributed by atoms with Crippen LogP contribution in [0.4, 0.5) is 8.78 Å². The normalized spacial score (nSPS) is 12.4. The fourth-order valence-corrected chi connectivity index (χ4v) is 3.84. The largest absolute Gasteiger partial charge is 0.360 e. The van der Waals surface area contributed by atoms with Crippen LogP contribution in [-0.2, 0) is 17.8 Å². The van der Waals surface area contributed by atoms with Crippen LogP contribution in [0.5, 0.6) is 0 Å². The molecule has 0 bridgehead atoms. The number of benzene rings is 2. The van der Waals surface area contributed by atoms with E-state index < -0.39 is 5.82 Å². The summed E-state index contributed by atoms with van der Waals surface area (Å²) in [4.78, 5) is 24.0. The lowest BCUT2D eigenvalue weighted by atomic mass is 10.1. The van der Waals surface area contributed by atoms with E-state index in [1.807, 2.05) is 6.07 Å². The summed E-state index contributed by atoms with van der Waals surface area (Å²) in [5, 5.41) is 4.70. The molecule has 0 unspecified atom stereocenters. The Morgan fingerprint density at radius 3 is 2.85 bits per heavy atom. The Morgan fingerprint density at radius 1 is 1.26 bits per heavy atom. The number of hydrogen-bond donors (Lipinski definition) is 2. The van der Waals surface area contributed by atoms with Gasteiger partial charge >= 0.3 is 0 Å². The number of aromatic amines is 1. The van der Waals surface area contributed by atoms with Crippen LogP contribution in [0, 0.1) is 11.6 Å². The summed E-state index contributed by atoms with van der Waals surface area (Å²) < 4.78 is 27.8. The van der Waals surface area contributed by atoms with Gasteiger partial charge in [-0.3, -0.25) is 14.8 Å². The molecule has 34 heavy (non-hydrogen) atoms. The van der Waals surface area contributed by atoms with E-state index in [9.17, 15) is 13.6 Å². The summed E-state index contributed by atoms with van der Waals surface area (Å²) in [6, 6.07) is 9.27. The molecule has 8 heteroatoms. The van der Waals surface area contributed by atoms with Gasteiger partial charge in [-0.05, 0) is 55.6 Å². The fourth-order valence-electron chi connectivity index (χ4n) is 3.63. The van der Waals surface area contributed by atoms with E-state index in [1.165, 1.54) is 18.2 Å². The quantitative estimate of drug-likeness (QED) is 0.193. The molecular formula is C26H21ClF2N4O. The first-order chi connectivity index (χ1) is 16.4. The van der Waals surface area contributed by atoms with Gasteiger partial charge in [0.25, 0.3) is 5.91 Å². The van der Waals surface area contributed by atoms with E-state index in [2.05, 4.69) is 27.0 Å². The van der Waals surface area contributed by atoms with Gasteiger partial charge < -0.3 is 10.3 Å². The summed E-state index contributed by atoms with van der Waals surface area (Å²) in [7, 11) is 0. The average Bonchev–Trinajstić information content (AvgIpc) is 3.19. The number of carbonyl (C=O) groups excluding carboxylic acids is 1. The lowest BCUT2D eigenvalue weighted by molar-refractivity contribution is -0.117. The number of nitrogens with one attached hydrogen (secondary N) is 2. The molecule has 0 aliphatic rings. The summed E-state index contributed by atoms with van der Waals surface area (Å²) in [6.07, 6.45) is 6.88. The van der Waals surface area contributed by atoms with Gasteiger partial charge in [-0.15, -0.1) is 0 Å². The number of fused-ring (bicyclic) bond motifs is 2. The molecule has 1 amide bonds. The molecule has 0 spiro atoms. The Kier molecular flexibility index (Phi) is 6.84. The first-order valence-corrected chi connectivity index (χ1v) is 10.9. The molecule has 0 saturated carbocycles. The molecule has 0 atom stereocenters. The number of amides is 1. The summed E-state index contributed by atoms with van der Waals surface area (Å²) in [6.45, 7) is 5.32. The molecular weight excluding hydrogens is 458 g/mol. The molecule has 2 aromatic heterocycles.